The normalized spacial score (nSPS) is 19.1. The molecule has 2 rings (SSSR count). The lowest BCUT2D eigenvalue weighted by Crippen LogP contribution is -2.62. The Morgan fingerprint density at radius 2 is 1.85 bits per heavy atom. The van der Waals surface area contributed by atoms with Gasteiger partial charge in [-0.05, 0) is 19.4 Å². The van der Waals surface area contributed by atoms with Crippen LogP contribution in [0.3, 0.4) is 0 Å². The SMILES string of the molecule is CN1CCN(CC(=O)Cc2ccccc2)C(C)(C)C1=O. The van der Waals surface area contributed by atoms with Crippen molar-refractivity contribution < 1.29 is 9.59 Å². The van der Waals surface area contributed by atoms with Gasteiger partial charge in [0.05, 0.1) is 12.1 Å². The Kier molecular flexibility index (Phi) is 4.23. The van der Waals surface area contributed by atoms with Gasteiger partial charge in [-0.15, -0.1) is 0 Å². The Labute approximate surface area is 120 Å². The molecule has 1 fully saturated rings. The van der Waals surface area contributed by atoms with Gasteiger partial charge in [0.2, 0.25) is 5.91 Å². The van der Waals surface area contributed by atoms with Crippen LogP contribution in [0.4, 0.5) is 0 Å². The van der Waals surface area contributed by atoms with Crippen LogP contribution in [-0.2, 0) is 16.0 Å². The molecule has 4 heteroatoms. The Morgan fingerprint density at radius 1 is 1.20 bits per heavy atom. The van der Waals surface area contributed by atoms with Gasteiger partial charge < -0.3 is 4.90 Å². The van der Waals surface area contributed by atoms with Gasteiger partial charge in [-0.2, -0.15) is 0 Å². The average molecular weight is 274 g/mol. The van der Waals surface area contributed by atoms with Crippen molar-refractivity contribution in [1.29, 1.82) is 0 Å². The van der Waals surface area contributed by atoms with Crippen molar-refractivity contribution >= 4 is 11.7 Å². The maximum Gasteiger partial charge on any atom is 0.242 e. The quantitative estimate of drug-likeness (QED) is 0.832. The minimum atomic E-state index is -0.598. The van der Waals surface area contributed by atoms with Gasteiger partial charge in [0.1, 0.15) is 0 Å². The van der Waals surface area contributed by atoms with Crippen molar-refractivity contribution in [3.63, 3.8) is 0 Å². The largest absolute Gasteiger partial charge is 0.343 e. The Morgan fingerprint density at radius 3 is 2.50 bits per heavy atom. The molecule has 20 heavy (non-hydrogen) atoms. The van der Waals surface area contributed by atoms with Gasteiger partial charge >= 0.3 is 0 Å². The monoisotopic (exact) mass is 274 g/mol. The molecule has 1 saturated heterocycles. The maximum absolute atomic E-state index is 12.2. The van der Waals surface area contributed by atoms with Crippen molar-refractivity contribution in [3.8, 4) is 0 Å². The van der Waals surface area contributed by atoms with Crippen molar-refractivity contribution in [2.45, 2.75) is 25.8 Å². The van der Waals surface area contributed by atoms with Crippen LogP contribution in [0, 0.1) is 0 Å². The van der Waals surface area contributed by atoms with Gasteiger partial charge in [-0.3, -0.25) is 14.5 Å². The van der Waals surface area contributed by atoms with E-state index >= 15 is 0 Å². The molecule has 1 aliphatic heterocycles. The first-order chi connectivity index (χ1) is 9.41. The molecule has 108 valence electrons. The van der Waals surface area contributed by atoms with Crippen molar-refractivity contribution in [2.75, 3.05) is 26.7 Å². The van der Waals surface area contributed by atoms with Crippen LogP contribution >= 0.6 is 0 Å². The predicted molar refractivity (Wildman–Crippen MR) is 78.4 cm³/mol. The Balaban J connectivity index is 1.99. The third-order valence-corrected chi connectivity index (χ3v) is 3.98. The van der Waals surface area contributed by atoms with Crippen LogP contribution in [0.5, 0.6) is 0 Å². The van der Waals surface area contributed by atoms with E-state index in [9.17, 15) is 9.59 Å². The third-order valence-electron chi connectivity index (χ3n) is 3.98. The smallest absolute Gasteiger partial charge is 0.242 e. The van der Waals surface area contributed by atoms with E-state index in [2.05, 4.69) is 0 Å². The Hall–Kier alpha value is -1.68. The zero-order valence-corrected chi connectivity index (χ0v) is 12.4. The van der Waals surface area contributed by atoms with Gasteiger partial charge in [0, 0.05) is 26.6 Å². The predicted octanol–water partition coefficient (Wildman–Crippen LogP) is 1.35. The lowest BCUT2D eigenvalue weighted by atomic mass is 9.97. The van der Waals surface area contributed by atoms with Crippen LogP contribution in [0.15, 0.2) is 30.3 Å². The standard InChI is InChI=1S/C16H22N2O2/c1-16(2)15(20)17(3)9-10-18(16)12-14(19)11-13-7-5-4-6-8-13/h4-8H,9-12H2,1-3H3. The van der Waals surface area contributed by atoms with Crippen LogP contribution in [0.1, 0.15) is 19.4 Å². The number of piperazine rings is 1. The average Bonchev–Trinajstić information content (AvgIpc) is 2.41. The summed E-state index contributed by atoms with van der Waals surface area (Å²) in [6.07, 6.45) is 0.428. The summed E-state index contributed by atoms with van der Waals surface area (Å²) in [7, 11) is 1.81. The first-order valence-corrected chi connectivity index (χ1v) is 6.97. The fraction of sp³-hybridized carbons (Fsp3) is 0.500. The van der Waals surface area contributed by atoms with Crippen molar-refractivity contribution in [2.24, 2.45) is 0 Å². The number of benzene rings is 1. The van der Waals surface area contributed by atoms with Crippen LogP contribution in [0.25, 0.3) is 0 Å². The molecule has 1 aromatic rings. The number of rotatable bonds is 4. The van der Waals surface area contributed by atoms with E-state index in [1.807, 2.05) is 56.1 Å². The molecule has 0 saturated carbocycles. The van der Waals surface area contributed by atoms with E-state index in [-0.39, 0.29) is 11.7 Å². The highest BCUT2D eigenvalue weighted by Crippen LogP contribution is 2.21. The summed E-state index contributed by atoms with van der Waals surface area (Å²) >= 11 is 0. The van der Waals surface area contributed by atoms with E-state index in [0.717, 1.165) is 12.1 Å². The molecule has 0 radical (unpaired) electrons. The van der Waals surface area contributed by atoms with E-state index in [1.54, 1.807) is 4.90 Å². The van der Waals surface area contributed by atoms with Crippen molar-refractivity contribution in [1.82, 2.24) is 9.80 Å². The second kappa shape index (κ2) is 5.75. The highest BCUT2D eigenvalue weighted by atomic mass is 16.2. The number of carbonyl (C=O) groups is 2. The van der Waals surface area contributed by atoms with Crippen LogP contribution in [-0.4, -0.2) is 53.7 Å². The van der Waals surface area contributed by atoms with Crippen LogP contribution in [0.2, 0.25) is 0 Å². The number of carbonyl (C=O) groups excluding carboxylic acids is 2. The molecule has 1 aromatic carbocycles. The van der Waals surface area contributed by atoms with E-state index in [0.29, 0.717) is 19.5 Å². The molecular weight excluding hydrogens is 252 g/mol. The topological polar surface area (TPSA) is 40.6 Å². The first-order valence-electron chi connectivity index (χ1n) is 6.97. The van der Waals surface area contributed by atoms with E-state index < -0.39 is 5.54 Å². The summed E-state index contributed by atoms with van der Waals surface area (Å²) in [5.74, 6) is 0.234. The summed E-state index contributed by atoms with van der Waals surface area (Å²) < 4.78 is 0. The number of hydrogen-bond donors (Lipinski definition) is 0. The second-order valence-corrected chi connectivity index (χ2v) is 5.91. The molecule has 1 heterocycles. The minimum absolute atomic E-state index is 0.0799. The molecule has 0 N–H and O–H groups in total. The molecule has 0 unspecified atom stereocenters. The lowest BCUT2D eigenvalue weighted by molar-refractivity contribution is -0.148. The van der Waals surface area contributed by atoms with Gasteiger partial charge in [-0.25, -0.2) is 0 Å². The molecule has 0 bridgehead atoms. The number of ketones is 1. The summed E-state index contributed by atoms with van der Waals surface area (Å²) in [6, 6.07) is 9.73. The highest BCUT2D eigenvalue weighted by molar-refractivity contribution is 5.88. The highest BCUT2D eigenvalue weighted by Gasteiger charge is 2.40. The molecule has 0 aliphatic carbocycles. The number of likely N-dealkylation sites (N-methyl/N-ethyl adjacent to an activating group) is 1. The van der Waals surface area contributed by atoms with E-state index in [4.69, 9.17) is 0 Å². The molecule has 4 nitrogen and oxygen atoms in total. The molecule has 0 spiro atoms. The summed E-state index contributed by atoms with van der Waals surface area (Å²) in [6.45, 7) is 5.54. The van der Waals surface area contributed by atoms with E-state index in [1.165, 1.54) is 0 Å². The molecule has 0 atom stereocenters. The molecule has 1 aliphatic rings. The van der Waals surface area contributed by atoms with Gasteiger partial charge in [0.25, 0.3) is 0 Å². The number of amides is 1. The fourth-order valence-electron chi connectivity index (χ4n) is 2.62. The van der Waals surface area contributed by atoms with Crippen molar-refractivity contribution in [3.05, 3.63) is 35.9 Å². The fourth-order valence-corrected chi connectivity index (χ4v) is 2.62. The Bertz CT molecular complexity index is 496. The molecule has 0 aromatic heterocycles. The number of nitrogens with zero attached hydrogens (tertiary/aromatic N) is 2. The maximum atomic E-state index is 12.2. The number of Topliss-reactive ketones (excluding diaryl/α,β-unsaturated/α-hetero) is 1. The van der Waals surface area contributed by atoms with Gasteiger partial charge in [-0.1, -0.05) is 30.3 Å². The molecular formula is C16H22N2O2. The summed E-state index contributed by atoms with van der Waals surface area (Å²) in [4.78, 5) is 28.1. The lowest BCUT2D eigenvalue weighted by Gasteiger charge is -2.44. The third kappa shape index (κ3) is 3.07. The summed E-state index contributed by atoms with van der Waals surface area (Å²) in [5.41, 5.74) is 0.426. The van der Waals surface area contributed by atoms with Gasteiger partial charge in [0.15, 0.2) is 5.78 Å². The second-order valence-electron chi connectivity index (χ2n) is 5.91. The molecule has 1 amide bonds. The minimum Gasteiger partial charge on any atom is -0.343 e. The zero-order valence-electron chi connectivity index (χ0n) is 12.4. The first kappa shape index (κ1) is 14.7. The van der Waals surface area contributed by atoms with Crippen LogP contribution < -0.4 is 0 Å². The number of hydrogen-bond acceptors (Lipinski definition) is 3. The zero-order chi connectivity index (χ0) is 14.8. The summed E-state index contributed by atoms with van der Waals surface area (Å²) in [5, 5.41) is 0.